The number of fused-ring (bicyclic) bond motifs is 5. The number of rotatable bonds is 0. The minimum atomic E-state index is 0.359. The molecule has 1 heteroatoms. The molecule has 3 aliphatic carbocycles. The van der Waals surface area contributed by atoms with Crippen molar-refractivity contribution in [2.24, 2.45) is 23.2 Å². The third kappa shape index (κ3) is 0.930. The SMILES string of the molecule is CC1(S)C2CCCC1C1(C)CCCC21. The summed E-state index contributed by atoms with van der Waals surface area (Å²) in [6.07, 6.45) is 8.83. The van der Waals surface area contributed by atoms with E-state index in [-0.39, 0.29) is 0 Å². The first-order valence-electron chi connectivity index (χ1n) is 6.29. The van der Waals surface area contributed by atoms with Gasteiger partial charge in [-0.1, -0.05) is 26.7 Å². The Morgan fingerprint density at radius 3 is 2.50 bits per heavy atom. The summed E-state index contributed by atoms with van der Waals surface area (Å²) in [5.74, 6) is 2.85. The van der Waals surface area contributed by atoms with Crippen molar-refractivity contribution < 1.29 is 0 Å². The third-order valence-electron chi connectivity index (χ3n) is 5.82. The molecular formula is C13H22S. The van der Waals surface area contributed by atoms with Gasteiger partial charge in [-0.25, -0.2) is 0 Å². The molecule has 2 bridgehead atoms. The number of hydrogen-bond donors (Lipinski definition) is 1. The monoisotopic (exact) mass is 210 g/mol. The lowest BCUT2D eigenvalue weighted by Crippen LogP contribution is -2.37. The van der Waals surface area contributed by atoms with Gasteiger partial charge in [0.15, 0.2) is 0 Å². The summed E-state index contributed by atoms with van der Waals surface area (Å²) < 4.78 is 0.359. The lowest BCUT2D eigenvalue weighted by atomic mass is 9.71. The van der Waals surface area contributed by atoms with Crippen molar-refractivity contribution in [2.45, 2.75) is 57.1 Å². The Balaban J connectivity index is 2.06. The van der Waals surface area contributed by atoms with Gasteiger partial charge in [-0.2, -0.15) is 12.6 Å². The standard InChI is InChI=1S/C13H22S/c1-12-8-4-6-9(12)10-5-3-7-11(12)13(10,2)14/h9-11,14H,3-8H2,1-2H3. The van der Waals surface area contributed by atoms with E-state index >= 15 is 0 Å². The van der Waals surface area contributed by atoms with E-state index in [1.165, 1.54) is 38.5 Å². The van der Waals surface area contributed by atoms with Crippen molar-refractivity contribution in [3.05, 3.63) is 0 Å². The second-order valence-electron chi connectivity index (χ2n) is 6.32. The lowest BCUT2D eigenvalue weighted by Gasteiger charge is -2.41. The summed E-state index contributed by atoms with van der Waals surface area (Å²) in [4.78, 5) is 0. The van der Waals surface area contributed by atoms with Gasteiger partial charge in [0, 0.05) is 4.75 Å². The van der Waals surface area contributed by atoms with Gasteiger partial charge in [-0.15, -0.1) is 0 Å². The van der Waals surface area contributed by atoms with E-state index in [4.69, 9.17) is 12.6 Å². The molecule has 0 N–H and O–H groups in total. The highest BCUT2D eigenvalue weighted by molar-refractivity contribution is 7.81. The Kier molecular flexibility index (Phi) is 1.86. The summed E-state index contributed by atoms with van der Waals surface area (Å²) in [5.41, 5.74) is 0.664. The molecule has 0 spiro atoms. The predicted octanol–water partition coefficient (Wildman–Crippen LogP) is 3.91. The van der Waals surface area contributed by atoms with Gasteiger partial charge >= 0.3 is 0 Å². The fourth-order valence-electron chi connectivity index (χ4n) is 5.30. The van der Waals surface area contributed by atoms with Crippen LogP contribution in [0.15, 0.2) is 0 Å². The Labute approximate surface area is 93.3 Å². The molecule has 3 saturated carbocycles. The molecule has 0 aromatic heterocycles. The second kappa shape index (κ2) is 2.72. The van der Waals surface area contributed by atoms with Crippen molar-refractivity contribution in [1.82, 2.24) is 0 Å². The van der Waals surface area contributed by atoms with Crippen LogP contribution < -0.4 is 0 Å². The zero-order valence-electron chi connectivity index (χ0n) is 9.42. The molecule has 0 nitrogen and oxygen atoms in total. The normalized spacial score (nSPS) is 61.5. The molecule has 0 radical (unpaired) electrons. The largest absolute Gasteiger partial charge is 0.172 e. The van der Waals surface area contributed by atoms with Crippen LogP contribution in [0, 0.1) is 23.2 Å². The van der Waals surface area contributed by atoms with Crippen LogP contribution in [-0.4, -0.2) is 4.75 Å². The highest BCUT2D eigenvalue weighted by Gasteiger charge is 2.64. The van der Waals surface area contributed by atoms with E-state index in [0.29, 0.717) is 10.2 Å². The van der Waals surface area contributed by atoms with E-state index in [0.717, 1.165) is 17.8 Å². The maximum absolute atomic E-state index is 5.03. The molecule has 14 heavy (non-hydrogen) atoms. The molecule has 0 amide bonds. The maximum Gasteiger partial charge on any atom is 0.0166 e. The highest BCUT2D eigenvalue weighted by Crippen LogP contribution is 2.69. The van der Waals surface area contributed by atoms with E-state index < -0.39 is 0 Å². The van der Waals surface area contributed by atoms with Crippen LogP contribution in [0.1, 0.15) is 52.4 Å². The van der Waals surface area contributed by atoms with Gasteiger partial charge in [0.05, 0.1) is 0 Å². The van der Waals surface area contributed by atoms with Crippen LogP contribution in [0.5, 0.6) is 0 Å². The molecular weight excluding hydrogens is 188 g/mol. The maximum atomic E-state index is 5.03. The van der Waals surface area contributed by atoms with Crippen LogP contribution in [0.2, 0.25) is 0 Å². The van der Waals surface area contributed by atoms with Crippen LogP contribution in [0.25, 0.3) is 0 Å². The molecule has 0 saturated heterocycles. The Morgan fingerprint density at radius 1 is 1.00 bits per heavy atom. The van der Waals surface area contributed by atoms with Gasteiger partial charge < -0.3 is 0 Å². The molecule has 5 unspecified atom stereocenters. The van der Waals surface area contributed by atoms with Crippen molar-refractivity contribution in [1.29, 1.82) is 0 Å². The van der Waals surface area contributed by atoms with E-state index in [1.54, 1.807) is 0 Å². The van der Waals surface area contributed by atoms with Gasteiger partial charge in [0.25, 0.3) is 0 Å². The van der Waals surface area contributed by atoms with Crippen LogP contribution in [-0.2, 0) is 0 Å². The summed E-state index contributed by atoms with van der Waals surface area (Å²) in [6, 6.07) is 0. The van der Waals surface area contributed by atoms with Crippen molar-refractivity contribution in [3.8, 4) is 0 Å². The smallest absolute Gasteiger partial charge is 0.0166 e. The third-order valence-corrected chi connectivity index (χ3v) is 6.47. The minimum absolute atomic E-state index is 0.359. The quantitative estimate of drug-likeness (QED) is 0.576. The van der Waals surface area contributed by atoms with Gasteiger partial charge in [-0.3, -0.25) is 0 Å². The molecule has 5 atom stereocenters. The van der Waals surface area contributed by atoms with Crippen LogP contribution >= 0.6 is 12.6 Å². The minimum Gasteiger partial charge on any atom is -0.172 e. The summed E-state index contributed by atoms with van der Waals surface area (Å²) >= 11 is 5.03. The molecule has 3 rings (SSSR count). The van der Waals surface area contributed by atoms with Crippen molar-refractivity contribution in [3.63, 3.8) is 0 Å². The van der Waals surface area contributed by atoms with Crippen molar-refractivity contribution in [2.75, 3.05) is 0 Å². The second-order valence-corrected chi connectivity index (χ2v) is 7.28. The Morgan fingerprint density at radius 2 is 1.71 bits per heavy atom. The lowest BCUT2D eigenvalue weighted by molar-refractivity contribution is 0.173. The number of thiol groups is 1. The van der Waals surface area contributed by atoms with Crippen molar-refractivity contribution >= 4 is 12.6 Å². The topological polar surface area (TPSA) is 0 Å². The molecule has 0 heterocycles. The summed E-state index contributed by atoms with van der Waals surface area (Å²) in [5, 5.41) is 0. The average Bonchev–Trinajstić information content (AvgIpc) is 2.48. The number of hydrogen-bond acceptors (Lipinski definition) is 1. The molecule has 0 aromatic rings. The fourth-order valence-corrected chi connectivity index (χ4v) is 6.04. The van der Waals surface area contributed by atoms with Gasteiger partial charge in [0.2, 0.25) is 0 Å². The van der Waals surface area contributed by atoms with E-state index in [1.807, 2.05) is 0 Å². The van der Waals surface area contributed by atoms with Crippen LogP contribution in [0.4, 0.5) is 0 Å². The zero-order valence-corrected chi connectivity index (χ0v) is 10.3. The summed E-state index contributed by atoms with van der Waals surface area (Å²) in [6.45, 7) is 4.99. The highest BCUT2D eigenvalue weighted by atomic mass is 32.1. The Bertz CT molecular complexity index is 258. The van der Waals surface area contributed by atoms with E-state index in [2.05, 4.69) is 13.8 Å². The molecule has 80 valence electrons. The first kappa shape index (κ1) is 9.57. The fraction of sp³-hybridized carbons (Fsp3) is 1.00. The average molecular weight is 210 g/mol. The molecule has 3 aliphatic rings. The van der Waals surface area contributed by atoms with Gasteiger partial charge in [0.1, 0.15) is 0 Å². The van der Waals surface area contributed by atoms with E-state index in [9.17, 15) is 0 Å². The van der Waals surface area contributed by atoms with Gasteiger partial charge in [-0.05, 0) is 48.9 Å². The summed E-state index contributed by atoms with van der Waals surface area (Å²) in [7, 11) is 0. The Hall–Kier alpha value is 0.350. The zero-order chi connectivity index (χ0) is 9.97. The first-order chi connectivity index (χ1) is 6.57. The molecule has 3 fully saturated rings. The van der Waals surface area contributed by atoms with Crippen LogP contribution in [0.3, 0.4) is 0 Å². The first-order valence-corrected chi connectivity index (χ1v) is 6.74. The predicted molar refractivity (Wildman–Crippen MR) is 63.7 cm³/mol. The molecule has 0 aliphatic heterocycles. The molecule has 0 aromatic carbocycles.